The van der Waals surface area contributed by atoms with Gasteiger partial charge in [0.15, 0.2) is 12.0 Å². The van der Waals surface area contributed by atoms with Crippen LogP contribution in [0, 0.1) is 22.7 Å². The molecule has 0 radical (unpaired) electrons. The summed E-state index contributed by atoms with van der Waals surface area (Å²) in [5.74, 6) is 0.584. The Balaban J connectivity index is 1.93. The standard InChI is InChI=1S/C15H13N3O2/c16-8-1-2-14-18-15(13(20-14)7-9-19-15)12-5-3-11(10-17)4-6-12/h3-6,13H,1-2,7,9H2/t13-,15+/m1/s1. The molecule has 3 rings (SSSR count). The van der Waals surface area contributed by atoms with E-state index >= 15 is 0 Å². The summed E-state index contributed by atoms with van der Waals surface area (Å²) >= 11 is 0. The summed E-state index contributed by atoms with van der Waals surface area (Å²) in [4.78, 5) is 4.58. The topological polar surface area (TPSA) is 78.4 Å². The highest BCUT2D eigenvalue weighted by atomic mass is 16.6. The second kappa shape index (κ2) is 4.96. The number of aliphatic imine (C=N–C) groups is 1. The Morgan fingerprint density at radius 2 is 2.10 bits per heavy atom. The highest BCUT2D eigenvalue weighted by Gasteiger charge is 2.52. The first-order valence-electron chi connectivity index (χ1n) is 6.55. The van der Waals surface area contributed by atoms with Crippen molar-refractivity contribution in [2.24, 2.45) is 4.99 Å². The zero-order valence-electron chi connectivity index (χ0n) is 10.9. The molecule has 0 bridgehead atoms. The van der Waals surface area contributed by atoms with E-state index in [0.717, 1.165) is 12.0 Å². The van der Waals surface area contributed by atoms with Crippen molar-refractivity contribution in [1.82, 2.24) is 0 Å². The summed E-state index contributed by atoms with van der Waals surface area (Å²) in [6.07, 6.45) is 1.53. The number of fused-ring (bicyclic) bond motifs is 1. The van der Waals surface area contributed by atoms with Gasteiger partial charge in [0.2, 0.25) is 5.72 Å². The summed E-state index contributed by atoms with van der Waals surface area (Å²) in [5.41, 5.74) is 0.706. The summed E-state index contributed by atoms with van der Waals surface area (Å²) in [5, 5.41) is 17.5. The van der Waals surface area contributed by atoms with Crippen molar-refractivity contribution in [3.05, 3.63) is 35.4 Å². The van der Waals surface area contributed by atoms with Gasteiger partial charge in [-0.3, -0.25) is 0 Å². The molecule has 0 aliphatic carbocycles. The molecule has 2 heterocycles. The van der Waals surface area contributed by atoms with E-state index in [2.05, 4.69) is 17.1 Å². The number of nitrogens with zero attached hydrogens (tertiary/aromatic N) is 3. The number of benzene rings is 1. The van der Waals surface area contributed by atoms with Crippen LogP contribution in [-0.2, 0) is 15.2 Å². The maximum absolute atomic E-state index is 8.85. The average Bonchev–Trinajstić information content (AvgIpc) is 3.02. The highest BCUT2D eigenvalue weighted by molar-refractivity contribution is 5.79. The molecule has 5 heteroatoms. The first-order chi connectivity index (χ1) is 9.78. The van der Waals surface area contributed by atoms with Crippen molar-refractivity contribution in [3.8, 4) is 12.1 Å². The van der Waals surface area contributed by atoms with Crippen molar-refractivity contribution in [3.63, 3.8) is 0 Å². The molecular weight excluding hydrogens is 254 g/mol. The minimum atomic E-state index is -0.793. The molecule has 0 N–H and O–H groups in total. The maximum atomic E-state index is 8.85. The average molecular weight is 267 g/mol. The van der Waals surface area contributed by atoms with Crippen molar-refractivity contribution in [1.29, 1.82) is 10.5 Å². The lowest BCUT2D eigenvalue weighted by Crippen LogP contribution is -2.31. The molecule has 1 aromatic rings. The lowest BCUT2D eigenvalue weighted by Gasteiger charge is -2.24. The second-order valence-electron chi connectivity index (χ2n) is 4.79. The summed E-state index contributed by atoms with van der Waals surface area (Å²) in [6.45, 7) is 0.597. The van der Waals surface area contributed by atoms with Gasteiger partial charge in [-0.1, -0.05) is 12.1 Å². The highest BCUT2D eigenvalue weighted by Crippen LogP contribution is 2.44. The lowest BCUT2D eigenvalue weighted by molar-refractivity contribution is -0.0291. The molecule has 0 aromatic heterocycles. The Labute approximate surface area is 117 Å². The molecule has 0 saturated carbocycles. The number of rotatable bonds is 3. The largest absolute Gasteiger partial charge is 0.472 e. The molecule has 1 saturated heterocycles. The second-order valence-corrected chi connectivity index (χ2v) is 4.79. The molecule has 2 aliphatic rings. The van der Waals surface area contributed by atoms with E-state index in [-0.39, 0.29) is 6.10 Å². The predicted molar refractivity (Wildman–Crippen MR) is 70.6 cm³/mol. The molecule has 2 aliphatic heterocycles. The summed E-state index contributed by atoms with van der Waals surface area (Å²) in [6, 6.07) is 11.4. The van der Waals surface area contributed by atoms with E-state index in [1.807, 2.05) is 12.1 Å². The Hall–Kier alpha value is -2.37. The molecule has 1 aromatic carbocycles. The van der Waals surface area contributed by atoms with Crippen LogP contribution in [0.25, 0.3) is 0 Å². The molecule has 5 nitrogen and oxygen atoms in total. The van der Waals surface area contributed by atoms with E-state index in [1.54, 1.807) is 12.1 Å². The van der Waals surface area contributed by atoms with Crippen LogP contribution in [-0.4, -0.2) is 18.6 Å². The Morgan fingerprint density at radius 1 is 1.30 bits per heavy atom. The van der Waals surface area contributed by atoms with Crippen molar-refractivity contribution < 1.29 is 9.47 Å². The molecule has 100 valence electrons. The van der Waals surface area contributed by atoms with E-state index < -0.39 is 5.72 Å². The van der Waals surface area contributed by atoms with Gasteiger partial charge in [-0.05, 0) is 12.1 Å². The van der Waals surface area contributed by atoms with Crippen LogP contribution < -0.4 is 0 Å². The normalized spacial score (nSPS) is 27.1. The minimum Gasteiger partial charge on any atom is -0.472 e. The molecule has 2 atom stereocenters. The molecule has 0 amide bonds. The number of nitriles is 2. The van der Waals surface area contributed by atoms with Gasteiger partial charge >= 0.3 is 0 Å². The third-order valence-corrected chi connectivity index (χ3v) is 3.59. The zero-order chi connectivity index (χ0) is 14.0. The molecule has 20 heavy (non-hydrogen) atoms. The van der Waals surface area contributed by atoms with Gasteiger partial charge in [0.25, 0.3) is 0 Å². The van der Waals surface area contributed by atoms with Crippen LogP contribution in [0.2, 0.25) is 0 Å². The predicted octanol–water partition coefficient (Wildman–Crippen LogP) is 2.23. The van der Waals surface area contributed by atoms with E-state index in [9.17, 15) is 0 Å². The molecule has 1 fully saturated rings. The first-order valence-corrected chi connectivity index (χ1v) is 6.55. The summed E-state index contributed by atoms with van der Waals surface area (Å²) in [7, 11) is 0. The zero-order valence-corrected chi connectivity index (χ0v) is 10.9. The van der Waals surface area contributed by atoms with Gasteiger partial charge < -0.3 is 9.47 Å². The molecule has 0 spiro atoms. The van der Waals surface area contributed by atoms with Crippen molar-refractivity contribution in [2.45, 2.75) is 31.1 Å². The summed E-state index contributed by atoms with van der Waals surface area (Å²) < 4.78 is 11.7. The fourth-order valence-electron chi connectivity index (χ4n) is 2.62. The van der Waals surface area contributed by atoms with E-state index in [0.29, 0.717) is 30.9 Å². The maximum Gasteiger partial charge on any atom is 0.225 e. The van der Waals surface area contributed by atoms with Gasteiger partial charge in [-0.15, -0.1) is 0 Å². The Morgan fingerprint density at radius 3 is 2.80 bits per heavy atom. The van der Waals surface area contributed by atoms with Gasteiger partial charge in [0.05, 0.1) is 24.3 Å². The van der Waals surface area contributed by atoms with Gasteiger partial charge in [0, 0.05) is 24.8 Å². The van der Waals surface area contributed by atoms with Crippen LogP contribution in [0.15, 0.2) is 29.3 Å². The third-order valence-electron chi connectivity index (χ3n) is 3.59. The van der Waals surface area contributed by atoms with Crippen LogP contribution in [0.4, 0.5) is 0 Å². The van der Waals surface area contributed by atoms with E-state index in [1.165, 1.54) is 0 Å². The van der Waals surface area contributed by atoms with Crippen LogP contribution in [0.5, 0.6) is 0 Å². The number of hydrogen-bond acceptors (Lipinski definition) is 5. The Bertz CT molecular complexity index is 624. The smallest absolute Gasteiger partial charge is 0.225 e. The molecular formula is C15H13N3O2. The fourth-order valence-corrected chi connectivity index (χ4v) is 2.62. The van der Waals surface area contributed by atoms with E-state index in [4.69, 9.17) is 20.0 Å². The third kappa shape index (κ3) is 1.93. The SMILES string of the molecule is N#CCCC1=N[C@@]2(c3ccc(C#N)cc3)OCC[C@H]2O1. The van der Waals surface area contributed by atoms with Gasteiger partial charge in [-0.25, -0.2) is 4.99 Å². The van der Waals surface area contributed by atoms with Crippen molar-refractivity contribution >= 4 is 5.90 Å². The van der Waals surface area contributed by atoms with Crippen LogP contribution >= 0.6 is 0 Å². The number of hydrogen-bond donors (Lipinski definition) is 0. The number of ether oxygens (including phenoxy) is 2. The van der Waals surface area contributed by atoms with Crippen molar-refractivity contribution in [2.75, 3.05) is 6.61 Å². The van der Waals surface area contributed by atoms with Gasteiger partial charge in [-0.2, -0.15) is 10.5 Å². The fraction of sp³-hybridized carbons (Fsp3) is 0.400. The van der Waals surface area contributed by atoms with Crippen LogP contribution in [0.1, 0.15) is 30.4 Å². The lowest BCUT2D eigenvalue weighted by atomic mass is 9.97. The van der Waals surface area contributed by atoms with Gasteiger partial charge in [0.1, 0.15) is 0 Å². The Kier molecular flexibility index (Phi) is 3.14. The minimum absolute atomic E-state index is 0.135. The van der Waals surface area contributed by atoms with Crippen LogP contribution in [0.3, 0.4) is 0 Å². The molecule has 0 unspecified atom stereocenters. The first kappa shape index (κ1) is 12.7. The quantitative estimate of drug-likeness (QED) is 0.841. The monoisotopic (exact) mass is 267 g/mol.